The van der Waals surface area contributed by atoms with Crippen molar-refractivity contribution in [1.29, 1.82) is 0 Å². The zero-order chi connectivity index (χ0) is 37.1. The fourth-order valence-electron chi connectivity index (χ4n) is 9.09. The van der Waals surface area contributed by atoms with E-state index in [-0.39, 0.29) is 35.2 Å². The fraction of sp³-hybridized carbons (Fsp3) is 0.400. The highest BCUT2D eigenvalue weighted by atomic mass is 19.1. The summed E-state index contributed by atoms with van der Waals surface area (Å²) in [6.07, 6.45) is 7.23. The summed E-state index contributed by atoms with van der Waals surface area (Å²) in [5.74, 6) is -0.753. The molecule has 54 heavy (non-hydrogen) atoms. The Labute approximate surface area is 310 Å². The number of nitrogens with zero attached hydrogens (tertiary/aromatic N) is 6. The van der Waals surface area contributed by atoms with Crippen LogP contribution in [0.15, 0.2) is 59.5 Å². The number of aromatic nitrogens is 5. The van der Waals surface area contributed by atoms with E-state index in [1.54, 1.807) is 23.9 Å². The summed E-state index contributed by atoms with van der Waals surface area (Å²) in [6.45, 7) is 4.22. The van der Waals surface area contributed by atoms with Crippen molar-refractivity contribution in [2.75, 3.05) is 44.2 Å². The molecule has 13 nitrogen and oxygen atoms in total. The predicted octanol–water partition coefficient (Wildman–Crippen LogP) is 3.83. The minimum Gasteiger partial charge on any atom is -0.367 e. The number of carbonyl (C=O) groups is 3. The maximum atomic E-state index is 15.7. The average Bonchev–Trinajstić information content (AvgIpc) is 3.91. The van der Waals surface area contributed by atoms with Gasteiger partial charge in [0.1, 0.15) is 11.9 Å². The van der Waals surface area contributed by atoms with Crippen LogP contribution in [0, 0.1) is 5.82 Å². The lowest BCUT2D eigenvalue weighted by atomic mass is 9.78. The molecule has 4 aliphatic rings. The van der Waals surface area contributed by atoms with Gasteiger partial charge in [0.15, 0.2) is 5.82 Å². The van der Waals surface area contributed by atoms with E-state index < -0.39 is 11.9 Å². The Balaban J connectivity index is 0.863. The zero-order valence-electron chi connectivity index (χ0n) is 30.2. The van der Waals surface area contributed by atoms with Crippen molar-refractivity contribution in [1.82, 2.24) is 39.6 Å². The van der Waals surface area contributed by atoms with Gasteiger partial charge in [-0.2, -0.15) is 0 Å². The van der Waals surface area contributed by atoms with Crippen LogP contribution >= 0.6 is 0 Å². The van der Waals surface area contributed by atoms with Crippen LogP contribution in [0.5, 0.6) is 0 Å². The van der Waals surface area contributed by atoms with Crippen LogP contribution in [0.4, 0.5) is 10.1 Å². The summed E-state index contributed by atoms with van der Waals surface area (Å²) in [5.41, 5.74) is 6.36. The van der Waals surface area contributed by atoms with E-state index in [0.29, 0.717) is 66.3 Å². The molecule has 1 aliphatic carbocycles. The maximum absolute atomic E-state index is 15.7. The van der Waals surface area contributed by atoms with Gasteiger partial charge in [0, 0.05) is 75.6 Å². The van der Waals surface area contributed by atoms with Crippen LogP contribution in [0.2, 0.25) is 0 Å². The van der Waals surface area contributed by atoms with E-state index in [1.165, 1.54) is 10.6 Å². The Morgan fingerprint density at radius 3 is 2.57 bits per heavy atom. The summed E-state index contributed by atoms with van der Waals surface area (Å²) < 4.78 is 18.9. The first-order valence-electron chi connectivity index (χ1n) is 18.8. The topological polar surface area (TPSA) is 150 Å². The van der Waals surface area contributed by atoms with E-state index in [1.807, 2.05) is 36.4 Å². The van der Waals surface area contributed by atoms with E-state index in [2.05, 4.69) is 30.4 Å². The molecule has 6 heterocycles. The van der Waals surface area contributed by atoms with Crippen LogP contribution in [-0.2, 0) is 28.5 Å². The first kappa shape index (κ1) is 34.2. The third-order valence-corrected chi connectivity index (χ3v) is 12.0. The quantitative estimate of drug-likeness (QED) is 0.214. The van der Waals surface area contributed by atoms with Crippen molar-refractivity contribution < 1.29 is 18.8 Å². The molecule has 1 saturated carbocycles. The number of carbonyl (C=O) groups excluding carboxylic acids is 3. The molecule has 5 aromatic rings. The lowest BCUT2D eigenvalue weighted by Crippen LogP contribution is -2.47. The molecular formula is C40H42FN9O4. The second kappa shape index (κ2) is 13.3. The maximum Gasteiger partial charge on any atom is 0.329 e. The molecule has 2 saturated heterocycles. The molecule has 3 N–H and O–H groups in total. The number of piperazine rings is 1. The third kappa shape index (κ3) is 5.79. The number of hydrogen-bond acceptors (Lipinski definition) is 8. The lowest BCUT2D eigenvalue weighted by molar-refractivity contribution is -0.135. The summed E-state index contributed by atoms with van der Waals surface area (Å²) in [7, 11) is 1.72. The molecule has 3 aromatic heterocycles. The van der Waals surface area contributed by atoms with Crippen molar-refractivity contribution in [3.05, 3.63) is 87.9 Å². The smallest absolute Gasteiger partial charge is 0.329 e. The first-order chi connectivity index (χ1) is 26.2. The number of imide groups is 1. The van der Waals surface area contributed by atoms with Crippen LogP contribution in [0.25, 0.3) is 33.8 Å². The number of rotatable bonds is 7. The molecule has 1 unspecified atom stereocenters. The molecule has 3 fully saturated rings. The second-order valence-electron chi connectivity index (χ2n) is 15.1. The van der Waals surface area contributed by atoms with Gasteiger partial charge in [0.2, 0.25) is 11.8 Å². The van der Waals surface area contributed by atoms with Gasteiger partial charge in [-0.3, -0.25) is 33.7 Å². The molecule has 278 valence electrons. The molecule has 14 heteroatoms. The van der Waals surface area contributed by atoms with E-state index in [0.717, 1.165) is 67.8 Å². The minimum absolute atomic E-state index is 0.0498. The molecule has 0 bridgehead atoms. The van der Waals surface area contributed by atoms with Gasteiger partial charge in [0.05, 0.1) is 33.7 Å². The Bertz CT molecular complexity index is 2380. The average molecular weight is 732 g/mol. The van der Waals surface area contributed by atoms with Crippen molar-refractivity contribution in [2.24, 2.45) is 7.05 Å². The fourth-order valence-corrected chi connectivity index (χ4v) is 9.09. The Hall–Kier alpha value is -5.63. The van der Waals surface area contributed by atoms with Crippen molar-refractivity contribution >= 4 is 34.4 Å². The summed E-state index contributed by atoms with van der Waals surface area (Å²) in [5, 5.41) is 5.45. The Morgan fingerprint density at radius 1 is 0.981 bits per heavy atom. The monoisotopic (exact) mass is 731 g/mol. The summed E-state index contributed by atoms with van der Waals surface area (Å²) >= 11 is 0. The molecule has 2 aromatic carbocycles. The second-order valence-corrected chi connectivity index (χ2v) is 15.1. The predicted molar refractivity (Wildman–Crippen MR) is 201 cm³/mol. The van der Waals surface area contributed by atoms with E-state index in [9.17, 15) is 19.2 Å². The number of hydrogen-bond donors (Lipinski definition) is 3. The van der Waals surface area contributed by atoms with Crippen molar-refractivity contribution in [2.45, 2.75) is 56.4 Å². The van der Waals surface area contributed by atoms with Gasteiger partial charge in [-0.15, -0.1) is 0 Å². The van der Waals surface area contributed by atoms with Crippen LogP contribution in [-0.4, -0.2) is 86.0 Å². The van der Waals surface area contributed by atoms with Crippen LogP contribution in [0.1, 0.15) is 66.2 Å². The molecule has 3 aliphatic heterocycles. The highest BCUT2D eigenvalue weighted by molar-refractivity contribution is 6.00. The van der Waals surface area contributed by atoms with Gasteiger partial charge in [0.25, 0.3) is 5.91 Å². The molecule has 1 spiro atoms. The zero-order valence-corrected chi connectivity index (χ0v) is 30.2. The van der Waals surface area contributed by atoms with Crippen molar-refractivity contribution in [3.63, 3.8) is 0 Å². The molecule has 1 atom stereocenters. The van der Waals surface area contributed by atoms with Gasteiger partial charge in [-0.1, -0.05) is 25.0 Å². The van der Waals surface area contributed by atoms with Gasteiger partial charge >= 0.3 is 5.69 Å². The minimum atomic E-state index is -0.723. The van der Waals surface area contributed by atoms with Crippen molar-refractivity contribution in [3.8, 4) is 22.8 Å². The van der Waals surface area contributed by atoms with Gasteiger partial charge in [-0.25, -0.2) is 19.2 Å². The number of H-pyrrole nitrogens is 1. The standard InChI is InChI=1S/C40H42FN9O4/c1-47-34-24(5-4-6-31(34)50(39(47)54)32-9-10-33(51)46-38(32)53)12-16-48-17-19-49(20-18-48)30-8-7-25(21-27(30)41)36-42-15-11-28(45-36)29-22-26-35(44-29)40(13-2-3-14-40)23-43-37(26)52/h4-8,11,15,21-22,32,44H,2-3,9-10,12-14,16-20,23H2,1H3,(H,43,52)(H,46,51,53). The van der Waals surface area contributed by atoms with Crippen LogP contribution < -0.4 is 21.2 Å². The molecule has 9 rings (SSSR count). The number of piperidine rings is 1. The largest absolute Gasteiger partial charge is 0.367 e. The summed E-state index contributed by atoms with van der Waals surface area (Å²) in [6, 6.07) is 13.9. The number of benzene rings is 2. The van der Waals surface area contributed by atoms with Gasteiger partial charge < -0.3 is 15.2 Å². The van der Waals surface area contributed by atoms with E-state index in [4.69, 9.17) is 4.98 Å². The first-order valence-corrected chi connectivity index (χ1v) is 18.8. The van der Waals surface area contributed by atoms with Gasteiger partial charge in [-0.05, 0) is 67.6 Å². The van der Waals surface area contributed by atoms with E-state index >= 15 is 4.39 Å². The number of amides is 3. The third-order valence-electron chi connectivity index (χ3n) is 12.0. The summed E-state index contributed by atoms with van der Waals surface area (Å²) in [4.78, 5) is 67.6. The SMILES string of the molecule is Cn1c(=O)n(C2CCC(=O)NC2=O)c2cccc(CCN3CCN(c4ccc(-c5nccc(-c6cc7c([nH]6)C6(CCCC6)CNC7=O)n5)cc4F)CC3)c21. The lowest BCUT2D eigenvalue weighted by Gasteiger charge is -2.36. The number of aromatic amines is 1. The number of nitrogens with one attached hydrogen (secondary N) is 3. The Kier molecular flexibility index (Phi) is 8.44. The number of anilines is 1. The molecular weight excluding hydrogens is 689 g/mol. The number of fused-ring (bicyclic) bond motifs is 3. The highest BCUT2D eigenvalue weighted by Gasteiger charge is 2.43. The molecule has 0 radical (unpaired) electrons. The van der Waals surface area contributed by atoms with Crippen LogP contribution in [0.3, 0.4) is 0 Å². The number of imidazole rings is 1. The number of halogens is 1. The number of aryl methyl sites for hydroxylation is 1. The Morgan fingerprint density at radius 2 is 1.80 bits per heavy atom. The number of para-hydroxylation sites is 1. The normalized spacial score (nSPS) is 20.1. The highest BCUT2D eigenvalue weighted by Crippen LogP contribution is 2.44. The molecule has 3 amide bonds.